The van der Waals surface area contributed by atoms with Gasteiger partial charge in [-0.3, -0.25) is 0 Å². The lowest BCUT2D eigenvalue weighted by molar-refractivity contribution is 0.175. The zero-order valence-electron chi connectivity index (χ0n) is 9.71. The van der Waals surface area contributed by atoms with E-state index in [9.17, 15) is 13.9 Å². The Hall–Kier alpha value is -1.16. The van der Waals surface area contributed by atoms with E-state index in [-0.39, 0.29) is 17.0 Å². The van der Waals surface area contributed by atoms with Gasteiger partial charge in [0.2, 0.25) is 0 Å². The van der Waals surface area contributed by atoms with Crippen LogP contribution in [0.4, 0.5) is 8.78 Å². The molecule has 0 aliphatic rings. The lowest BCUT2D eigenvalue weighted by Gasteiger charge is -2.14. The molecule has 0 amide bonds. The van der Waals surface area contributed by atoms with E-state index in [2.05, 4.69) is 0 Å². The molecule has 2 aromatic rings. The molecule has 0 bridgehead atoms. The smallest absolute Gasteiger partial charge is 0.129 e. The number of hydrogen-bond acceptors (Lipinski definition) is 1. The molecule has 19 heavy (non-hydrogen) atoms. The van der Waals surface area contributed by atoms with E-state index in [1.165, 1.54) is 18.2 Å². The molecule has 0 heterocycles. The molecule has 1 N–H and O–H groups in total. The molecule has 2 aromatic carbocycles. The summed E-state index contributed by atoms with van der Waals surface area (Å²) in [4.78, 5) is 0. The molecule has 0 radical (unpaired) electrons. The van der Waals surface area contributed by atoms with E-state index in [0.29, 0.717) is 10.6 Å². The summed E-state index contributed by atoms with van der Waals surface area (Å²) in [6.07, 6.45) is -1.30. The van der Waals surface area contributed by atoms with Crippen molar-refractivity contribution < 1.29 is 13.9 Å². The van der Waals surface area contributed by atoms with Crippen LogP contribution in [-0.4, -0.2) is 5.11 Å². The zero-order valence-corrected chi connectivity index (χ0v) is 11.2. The predicted octanol–water partition coefficient (Wildman–Crippen LogP) is 4.55. The molecule has 0 aromatic heterocycles. The van der Waals surface area contributed by atoms with Gasteiger partial charge in [-0.15, -0.1) is 0 Å². The highest BCUT2D eigenvalue weighted by Crippen LogP contribution is 2.29. The van der Waals surface area contributed by atoms with Crippen LogP contribution in [0.15, 0.2) is 36.4 Å². The fraction of sp³-hybridized carbons (Fsp3) is 0.143. The highest BCUT2D eigenvalue weighted by Gasteiger charge is 2.17. The van der Waals surface area contributed by atoms with Crippen molar-refractivity contribution in [2.24, 2.45) is 0 Å². The molecule has 1 nitrogen and oxygen atoms in total. The van der Waals surface area contributed by atoms with Gasteiger partial charge in [0.05, 0.1) is 6.10 Å². The van der Waals surface area contributed by atoms with Crippen molar-refractivity contribution in [3.63, 3.8) is 0 Å². The van der Waals surface area contributed by atoms with Gasteiger partial charge in [-0.1, -0.05) is 35.3 Å². The second kappa shape index (κ2) is 5.87. The third-order valence-electron chi connectivity index (χ3n) is 2.78. The summed E-state index contributed by atoms with van der Waals surface area (Å²) in [6, 6.07) is 8.14. The molecule has 0 aliphatic heterocycles. The molecule has 0 saturated heterocycles. The van der Waals surface area contributed by atoms with E-state index in [1.807, 2.05) is 0 Å². The second-order valence-electron chi connectivity index (χ2n) is 4.09. The molecule has 0 spiro atoms. The van der Waals surface area contributed by atoms with Gasteiger partial charge in [0, 0.05) is 22.0 Å². The minimum atomic E-state index is -1.10. The van der Waals surface area contributed by atoms with Gasteiger partial charge in [0.25, 0.3) is 0 Å². The molecule has 0 fully saturated rings. The summed E-state index contributed by atoms with van der Waals surface area (Å²) in [5.74, 6) is -1.38. The van der Waals surface area contributed by atoms with E-state index < -0.39 is 17.7 Å². The van der Waals surface area contributed by atoms with E-state index >= 15 is 0 Å². The number of aliphatic hydroxyl groups is 1. The molecule has 1 atom stereocenters. The summed E-state index contributed by atoms with van der Waals surface area (Å²) in [5, 5.41) is 10.7. The predicted molar refractivity (Wildman–Crippen MR) is 71.5 cm³/mol. The zero-order chi connectivity index (χ0) is 14.0. The molecule has 5 heteroatoms. The van der Waals surface area contributed by atoms with Crippen molar-refractivity contribution in [2.75, 3.05) is 0 Å². The van der Waals surface area contributed by atoms with Crippen LogP contribution in [0, 0.1) is 11.6 Å². The van der Waals surface area contributed by atoms with Crippen LogP contribution in [-0.2, 0) is 6.42 Å². The van der Waals surface area contributed by atoms with Crippen LogP contribution in [0.3, 0.4) is 0 Å². The van der Waals surface area contributed by atoms with Gasteiger partial charge >= 0.3 is 0 Å². The molecular weight excluding hydrogens is 293 g/mol. The van der Waals surface area contributed by atoms with Crippen molar-refractivity contribution in [1.82, 2.24) is 0 Å². The molecule has 1 unspecified atom stereocenters. The summed E-state index contributed by atoms with van der Waals surface area (Å²) >= 11 is 11.7. The first kappa shape index (κ1) is 14.3. The van der Waals surface area contributed by atoms with Gasteiger partial charge in [0.1, 0.15) is 11.6 Å². The third-order valence-corrected chi connectivity index (χ3v) is 3.34. The van der Waals surface area contributed by atoms with Crippen molar-refractivity contribution in [3.8, 4) is 0 Å². The maximum absolute atomic E-state index is 13.5. The number of rotatable bonds is 3. The van der Waals surface area contributed by atoms with E-state index in [0.717, 1.165) is 12.1 Å². The van der Waals surface area contributed by atoms with E-state index in [4.69, 9.17) is 23.2 Å². The topological polar surface area (TPSA) is 20.2 Å². The Morgan fingerprint density at radius 3 is 2.26 bits per heavy atom. The number of hydrogen-bond donors (Lipinski definition) is 1. The van der Waals surface area contributed by atoms with Crippen LogP contribution in [0.1, 0.15) is 17.2 Å². The molecule has 0 saturated carbocycles. The normalized spacial score (nSPS) is 12.5. The average molecular weight is 303 g/mol. The first-order valence-electron chi connectivity index (χ1n) is 5.55. The maximum atomic E-state index is 13.5. The fourth-order valence-corrected chi connectivity index (χ4v) is 2.34. The number of aliphatic hydroxyl groups excluding tert-OH is 1. The van der Waals surface area contributed by atoms with Gasteiger partial charge in [-0.05, 0) is 29.8 Å². The SMILES string of the molecule is OC(Cc1c(F)cccc1F)c1ccc(Cl)cc1Cl. The Balaban J connectivity index is 2.28. The van der Waals surface area contributed by atoms with Crippen LogP contribution in [0.2, 0.25) is 10.0 Å². The first-order valence-corrected chi connectivity index (χ1v) is 6.30. The van der Waals surface area contributed by atoms with Crippen LogP contribution in [0.5, 0.6) is 0 Å². The van der Waals surface area contributed by atoms with Crippen LogP contribution < -0.4 is 0 Å². The Labute approximate surface area is 119 Å². The van der Waals surface area contributed by atoms with Gasteiger partial charge in [-0.2, -0.15) is 0 Å². The number of halogens is 4. The van der Waals surface area contributed by atoms with Gasteiger partial charge in [0.15, 0.2) is 0 Å². The maximum Gasteiger partial charge on any atom is 0.129 e. The molecule has 2 rings (SSSR count). The minimum Gasteiger partial charge on any atom is -0.388 e. The molecule has 100 valence electrons. The highest BCUT2D eigenvalue weighted by atomic mass is 35.5. The fourth-order valence-electron chi connectivity index (χ4n) is 1.80. The summed E-state index contributed by atoms with van der Waals surface area (Å²) in [5.41, 5.74) is 0.217. The Kier molecular flexibility index (Phi) is 4.40. The van der Waals surface area contributed by atoms with Crippen LogP contribution >= 0.6 is 23.2 Å². The standard InChI is InChI=1S/C14H10Cl2F2O/c15-8-4-5-9(11(16)6-8)14(19)7-10-12(17)2-1-3-13(10)18/h1-6,14,19H,7H2. The highest BCUT2D eigenvalue weighted by molar-refractivity contribution is 6.35. The number of benzene rings is 2. The Morgan fingerprint density at radius 2 is 1.68 bits per heavy atom. The largest absolute Gasteiger partial charge is 0.388 e. The quantitative estimate of drug-likeness (QED) is 0.882. The summed E-state index contributed by atoms with van der Waals surface area (Å²) in [6.45, 7) is 0. The summed E-state index contributed by atoms with van der Waals surface area (Å²) in [7, 11) is 0. The van der Waals surface area contributed by atoms with Crippen molar-refractivity contribution in [1.29, 1.82) is 0 Å². The van der Waals surface area contributed by atoms with E-state index in [1.54, 1.807) is 6.07 Å². The first-order chi connectivity index (χ1) is 8.99. The molecule has 0 aliphatic carbocycles. The van der Waals surface area contributed by atoms with Gasteiger partial charge < -0.3 is 5.11 Å². The average Bonchev–Trinajstić information content (AvgIpc) is 2.33. The Bertz CT molecular complexity index is 582. The van der Waals surface area contributed by atoms with Crippen molar-refractivity contribution in [3.05, 3.63) is 69.2 Å². The van der Waals surface area contributed by atoms with Crippen molar-refractivity contribution >= 4 is 23.2 Å². The third kappa shape index (κ3) is 3.24. The minimum absolute atomic E-state index is 0.166. The monoisotopic (exact) mass is 302 g/mol. The second-order valence-corrected chi connectivity index (χ2v) is 4.93. The summed E-state index contributed by atoms with van der Waals surface area (Å²) < 4.78 is 27.0. The van der Waals surface area contributed by atoms with Crippen LogP contribution in [0.25, 0.3) is 0 Å². The lowest BCUT2D eigenvalue weighted by atomic mass is 10.0. The van der Waals surface area contributed by atoms with Crippen molar-refractivity contribution in [2.45, 2.75) is 12.5 Å². The lowest BCUT2D eigenvalue weighted by Crippen LogP contribution is -2.06. The Morgan fingerprint density at radius 1 is 1.05 bits per heavy atom. The molecular formula is C14H10Cl2F2O. The van der Waals surface area contributed by atoms with Gasteiger partial charge in [-0.25, -0.2) is 8.78 Å².